The topological polar surface area (TPSA) is 391 Å². The SMILES string of the molecule is O=C(O)C(=O)OC[C@H]1O[C@@H](Oc2cccc3c2C(=O)c2c(O)cc(C(=O)O)cc2C3C2c3cc(C(=O)O)cc(O)c3C(=O)c3c(OC4O[C@@H](CO)[C@H](O)[C@@H](O)[C@@H]4O)cccc32)[C@H](O)[C@@H](O)[C@@H]1O. The lowest BCUT2D eigenvalue weighted by molar-refractivity contribution is -0.278. The zero-order valence-corrected chi connectivity index (χ0v) is 34.0. The van der Waals surface area contributed by atoms with Crippen LogP contribution in [0.3, 0.4) is 0 Å². The van der Waals surface area contributed by atoms with E-state index in [9.17, 15) is 84.9 Å². The van der Waals surface area contributed by atoms with Crippen LogP contribution in [0.25, 0.3) is 0 Å². The van der Waals surface area contributed by atoms with Crippen molar-refractivity contribution in [3.8, 4) is 23.0 Å². The number of phenols is 2. The van der Waals surface area contributed by atoms with Gasteiger partial charge in [0, 0.05) is 11.8 Å². The van der Waals surface area contributed by atoms with Crippen LogP contribution in [-0.2, 0) is 23.8 Å². The van der Waals surface area contributed by atoms with Crippen molar-refractivity contribution in [2.45, 2.75) is 73.2 Å². The monoisotopic (exact) mass is 934 g/mol. The van der Waals surface area contributed by atoms with Gasteiger partial charge in [-0.2, -0.15) is 0 Å². The van der Waals surface area contributed by atoms with Crippen molar-refractivity contribution in [2.75, 3.05) is 13.2 Å². The first kappa shape index (κ1) is 46.5. The van der Waals surface area contributed by atoms with E-state index in [1.807, 2.05) is 0 Å². The molecule has 2 aliphatic heterocycles. The van der Waals surface area contributed by atoms with Gasteiger partial charge >= 0.3 is 23.9 Å². The molecule has 12 N–H and O–H groups in total. The smallest absolute Gasteiger partial charge is 0.417 e. The van der Waals surface area contributed by atoms with Crippen molar-refractivity contribution >= 4 is 35.4 Å². The van der Waals surface area contributed by atoms with E-state index in [-0.39, 0.29) is 33.6 Å². The average Bonchev–Trinajstić information content (AvgIpc) is 3.29. The summed E-state index contributed by atoms with van der Waals surface area (Å²) in [5.74, 6) is -14.5. The van der Waals surface area contributed by atoms with Crippen LogP contribution < -0.4 is 9.47 Å². The van der Waals surface area contributed by atoms with Gasteiger partial charge < -0.3 is 85.0 Å². The summed E-state index contributed by atoms with van der Waals surface area (Å²) in [6, 6.07) is 11.5. The third-order valence-electron chi connectivity index (χ3n) is 12.0. The Morgan fingerprint density at radius 3 is 1.36 bits per heavy atom. The fourth-order valence-electron chi connectivity index (χ4n) is 8.92. The van der Waals surface area contributed by atoms with Crippen LogP contribution in [0.5, 0.6) is 23.0 Å². The molecule has 0 saturated carbocycles. The third-order valence-corrected chi connectivity index (χ3v) is 12.0. The average molecular weight is 935 g/mol. The number of aromatic hydroxyl groups is 2. The highest BCUT2D eigenvalue weighted by Gasteiger charge is 2.50. The predicted octanol–water partition coefficient (Wildman–Crippen LogP) is -1.46. The minimum absolute atomic E-state index is 0.0498. The molecule has 23 heteroatoms. The van der Waals surface area contributed by atoms with Crippen LogP contribution in [-0.4, -0.2) is 171 Å². The van der Waals surface area contributed by atoms with Gasteiger partial charge in [-0.25, -0.2) is 19.2 Å². The van der Waals surface area contributed by atoms with Crippen LogP contribution in [0.1, 0.15) is 86.6 Å². The number of ether oxygens (including phenoxy) is 5. The second-order valence-corrected chi connectivity index (χ2v) is 15.9. The molecular formula is C44H38O23. The zero-order chi connectivity index (χ0) is 48.5. The molecule has 4 aromatic carbocycles. The van der Waals surface area contributed by atoms with Gasteiger partial charge in [-0.3, -0.25) is 9.59 Å². The normalized spacial score (nSPS) is 28.5. The highest BCUT2D eigenvalue weighted by atomic mass is 16.7. The third kappa shape index (κ3) is 7.86. The number of benzene rings is 4. The maximum atomic E-state index is 14.8. The van der Waals surface area contributed by atoms with Gasteiger partial charge in [0.2, 0.25) is 24.1 Å². The Balaban J connectivity index is 1.33. The summed E-state index contributed by atoms with van der Waals surface area (Å²) in [4.78, 5) is 77.2. The number of ketones is 2. The number of aliphatic hydroxyl groups excluding tert-OH is 7. The Labute approximate surface area is 374 Å². The summed E-state index contributed by atoms with van der Waals surface area (Å²) in [7, 11) is 0. The molecule has 4 aliphatic rings. The molecule has 0 spiro atoms. The van der Waals surface area contributed by atoms with E-state index >= 15 is 0 Å². The Kier molecular flexibility index (Phi) is 12.2. The van der Waals surface area contributed by atoms with Gasteiger partial charge in [-0.1, -0.05) is 24.3 Å². The number of carboxylic acid groups (broad SMARTS) is 3. The Morgan fingerprint density at radius 2 is 0.955 bits per heavy atom. The molecule has 2 aliphatic carbocycles. The van der Waals surface area contributed by atoms with E-state index in [2.05, 4.69) is 4.74 Å². The van der Waals surface area contributed by atoms with Crippen LogP contribution in [0.15, 0.2) is 60.7 Å². The lowest BCUT2D eigenvalue weighted by Crippen LogP contribution is -2.60. The van der Waals surface area contributed by atoms with Crippen molar-refractivity contribution in [1.29, 1.82) is 0 Å². The van der Waals surface area contributed by atoms with E-state index in [4.69, 9.17) is 24.1 Å². The van der Waals surface area contributed by atoms with Gasteiger partial charge in [0.15, 0.2) is 0 Å². The standard InChI is InChI=1S/C44H38O23/c45-11-23-31(48)35(52)37(54)43(66-23)64-21-5-1-3-15-25(17-7-13(39(56)57)9-19(46)27(17)33(50)29(15)21)26-16-4-2-6-22(30(16)34(51)28-18(26)8-14(40(58)59)10-20(28)47)65-44-38(55)36(53)32(49)24(67-44)12-63-42(62)41(60)61/h1-10,23-26,31-32,35-38,43-49,52-55H,11-12H2,(H,56,57)(H,58,59)(H,60,61)/t23-,24+,25?,26?,31-,32+,35+,36-,37-,38+,43?,44+/m0/s1. The molecule has 0 amide bonds. The second kappa shape index (κ2) is 17.6. The van der Waals surface area contributed by atoms with Gasteiger partial charge in [0.05, 0.1) is 40.0 Å². The van der Waals surface area contributed by atoms with E-state index < -0.39 is 167 Å². The number of carbonyl (C=O) groups is 6. The Morgan fingerprint density at radius 1 is 0.537 bits per heavy atom. The summed E-state index contributed by atoms with van der Waals surface area (Å²) in [5.41, 5.74) is -3.47. The van der Waals surface area contributed by atoms with Crippen molar-refractivity contribution in [3.05, 3.63) is 116 Å². The largest absolute Gasteiger partial charge is 0.507 e. The summed E-state index contributed by atoms with van der Waals surface area (Å²) in [6.45, 7) is -1.82. The van der Waals surface area contributed by atoms with Gasteiger partial charge in [0.1, 0.15) is 78.4 Å². The highest BCUT2D eigenvalue weighted by Crippen LogP contribution is 2.56. The molecule has 8 rings (SSSR count). The summed E-state index contributed by atoms with van der Waals surface area (Å²) >= 11 is 0. The first-order chi connectivity index (χ1) is 31.7. The Hall–Kier alpha value is -7.06. The number of rotatable bonds is 10. The zero-order valence-electron chi connectivity index (χ0n) is 34.0. The molecule has 352 valence electrons. The maximum Gasteiger partial charge on any atom is 0.417 e. The predicted molar refractivity (Wildman–Crippen MR) is 214 cm³/mol. The molecule has 2 saturated heterocycles. The molecule has 3 unspecified atom stereocenters. The van der Waals surface area contributed by atoms with Crippen molar-refractivity contribution < 1.29 is 114 Å². The molecule has 4 aromatic rings. The number of esters is 1. The van der Waals surface area contributed by atoms with Crippen molar-refractivity contribution in [1.82, 2.24) is 0 Å². The number of fused-ring (bicyclic) bond motifs is 4. The number of hydrogen-bond acceptors (Lipinski definition) is 20. The minimum Gasteiger partial charge on any atom is -0.507 e. The number of phenolic OH excluding ortho intramolecular Hbond substituents is 2. The number of carbonyl (C=O) groups excluding carboxylic acids is 3. The van der Waals surface area contributed by atoms with Gasteiger partial charge in [-0.15, -0.1) is 0 Å². The molecular weight excluding hydrogens is 896 g/mol. The molecule has 0 aromatic heterocycles. The minimum atomic E-state index is -2.10. The summed E-state index contributed by atoms with van der Waals surface area (Å²) < 4.78 is 27.7. The number of carboxylic acids is 3. The molecule has 0 radical (unpaired) electrons. The van der Waals surface area contributed by atoms with Crippen LogP contribution in [0.2, 0.25) is 0 Å². The van der Waals surface area contributed by atoms with Crippen LogP contribution >= 0.6 is 0 Å². The molecule has 2 heterocycles. The Bertz CT molecular complexity index is 2730. The van der Waals surface area contributed by atoms with Crippen molar-refractivity contribution in [3.63, 3.8) is 0 Å². The number of hydrogen-bond donors (Lipinski definition) is 12. The van der Waals surface area contributed by atoms with Gasteiger partial charge in [0.25, 0.3) is 0 Å². The number of aliphatic carboxylic acids is 1. The molecule has 67 heavy (non-hydrogen) atoms. The first-order valence-electron chi connectivity index (χ1n) is 20.0. The van der Waals surface area contributed by atoms with Crippen molar-refractivity contribution in [2.24, 2.45) is 0 Å². The molecule has 23 nitrogen and oxygen atoms in total. The second-order valence-electron chi connectivity index (χ2n) is 15.9. The fraction of sp³-hybridized carbons (Fsp3) is 0.318. The van der Waals surface area contributed by atoms with E-state index in [0.717, 1.165) is 24.3 Å². The van der Waals surface area contributed by atoms with E-state index in [0.29, 0.717) is 0 Å². The van der Waals surface area contributed by atoms with Crippen LogP contribution in [0.4, 0.5) is 0 Å². The van der Waals surface area contributed by atoms with Gasteiger partial charge in [-0.05, 0) is 58.7 Å². The van der Waals surface area contributed by atoms with Crippen LogP contribution in [0, 0.1) is 0 Å². The lowest BCUT2D eigenvalue weighted by atomic mass is 9.63. The van der Waals surface area contributed by atoms with E-state index in [1.165, 1.54) is 36.4 Å². The number of aliphatic hydroxyl groups is 7. The lowest BCUT2D eigenvalue weighted by Gasteiger charge is -2.41. The quantitative estimate of drug-likeness (QED) is 0.0638. The summed E-state index contributed by atoms with van der Waals surface area (Å²) in [6.07, 6.45) is -18.9. The first-order valence-corrected chi connectivity index (χ1v) is 20.0. The molecule has 12 atom stereocenters. The maximum absolute atomic E-state index is 14.8. The number of aromatic carboxylic acids is 2. The molecule has 2 fully saturated rings. The highest BCUT2D eigenvalue weighted by molar-refractivity contribution is 6.28. The fourth-order valence-corrected chi connectivity index (χ4v) is 8.92. The summed E-state index contributed by atoms with van der Waals surface area (Å²) in [5, 5.41) is 126. The molecule has 0 bridgehead atoms. The van der Waals surface area contributed by atoms with E-state index in [1.54, 1.807) is 0 Å².